The molecule has 364 valence electrons. The Morgan fingerprint density at radius 3 is 2.05 bits per heavy atom. The van der Waals surface area contributed by atoms with E-state index >= 15 is 0 Å². The second kappa shape index (κ2) is 25.6. The van der Waals surface area contributed by atoms with Crippen molar-refractivity contribution in [2.75, 3.05) is 47.2 Å². The maximum Gasteiger partial charge on any atom is 0.226 e. The number of pyridine rings is 1. The number of aromatic nitrogens is 1. The van der Waals surface area contributed by atoms with Crippen LogP contribution in [0.3, 0.4) is 0 Å². The Morgan fingerprint density at radius 1 is 0.862 bits per heavy atom. The largest absolute Gasteiger partial charge is 0.380 e. The molecule has 1 saturated heterocycles. The van der Waals surface area contributed by atoms with Gasteiger partial charge in [0.15, 0.2) is 5.78 Å². The maximum absolute atomic E-state index is 14.5. The molecular formula is C52H84N6O7. The van der Waals surface area contributed by atoms with E-state index in [1.807, 2.05) is 101 Å². The first-order valence-corrected chi connectivity index (χ1v) is 23.9. The molecule has 0 aliphatic carbocycles. The third-order valence-electron chi connectivity index (χ3n) is 13.4. The Kier molecular flexibility index (Phi) is 21.7. The normalized spacial score (nSPS) is 18.1. The van der Waals surface area contributed by atoms with Crippen LogP contribution in [0.25, 0.3) is 0 Å². The van der Waals surface area contributed by atoms with Gasteiger partial charge in [0.25, 0.3) is 0 Å². The summed E-state index contributed by atoms with van der Waals surface area (Å²) in [7, 11) is 8.73. The fourth-order valence-electron chi connectivity index (χ4n) is 9.73. The number of benzene rings is 1. The lowest BCUT2D eigenvalue weighted by molar-refractivity contribution is -0.149. The zero-order chi connectivity index (χ0) is 48.8. The Morgan fingerprint density at radius 2 is 1.52 bits per heavy atom. The number of anilines is 1. The molecule has 0 radical (unpaired) electrons. The van der Waals surface area contributed by atoms with Gasteiger partial charge in [-0.3, -0.25) is 33.9 Å². The molecule has 65 heavy (non-hydrogen) atoms. The van der Waals surface area contributed by atoms with Gasteiger partial charge in [0.05, 0.1) is 42.7 Å². The van der Waals surface area contributed by atoms with Crippen molar-refractivity contribution in [3.05, 3.63) is 59.9 Å². The van der Waals surface area contributed by atoms with Crippen LogP contribution in [-0.4, -0.2) is 127 Å². The molecule has 3 amide bonds. The highest BCUT2D eigenvalue weighted by molar-refractivity contribution is 5.90. The number of Topliss-reactive ketones (excluding diaryl/α,β-unsaturated/α-hetero) is 2. The van der Waals surface area contributed by atoms with E-state index in [0.29, 0.717) is 25.9 Å². The van der Waals surface area contributed by atoms with Gasteiger partial charge in [-0.1, -0.05) is 73.1 Å². The first-order chi connectivity index (χ1) is 30.5. The fraction of sp³-hybridized carbons (Fsp3) is 0.692. The molecule has 1 aliphatic rings. The van der Waals surface area contributed by atoms with E-state index < -0.39 is 36.0 Å². The van der Waals surface area contributed by atoms with Gasteiger partial charge < -0.3 is 29.9 Å². The van der Waals surface area contributed by atoms with E-state index in [-0.39, 0.29) is 83.9 Å². The van der Waals surface area contributed by atoms with Crippen molar-refractivity contribution in [3.8, 4) is 0 Å². The van der Waals surface area contributed by atoms with Gasteiger partial charge in [-0.25, -0.2) is 0 Å². The van der Waals surface area contributed by atoms with Crippen LogP contribution >= 0.6 is 0 Å². The summed E-state index contributed by atoms with van der Waals surface area (Å²) in [5.74, 6) is -2.38. The molecular weight excluding hydrogens is 821 g/mol. The molecule has 3 rings (SSSR count). The molecule has 13 nitrogen and oxygen atoms in total. The van der Waals surface area contributed by atoms with Crippen LogP contribution < -0.4 is 10.6 Å². The minimum absolute atomic E-state index is 0.0124. The van der Waals surface area contributed by atoms with Crippen molar-refractivity contribution in [2.45, 2.75) is 157 Å². The SMILES string of the molecule is CC[C@H](C)[C@@H]([C@@H](CC(=O)N1CCC[C@H]1[C@H](OC)[C@@H](C)C(=O)C[C@H](Cc1ccccn1)C(=O)NCc1ccc(NC(C)(C)C)cc1)OC)N(C)C(=O)[C@@H](CC(=O)[C@H](C(C)C)N(C)C)C(C)C. The lowest BCUT2D eigenvalue weighted by Crippen LogP contribution is -2.54. The van der Waals surface area contributed by atoms with Crippen LogP contribution in [0.15, 0.2) is 48.7 Å². The van der Waals surface area contributed by atoms with Crippen molar-refractivity contribution in [1.82, 2.24) is 25.0 Å². The van der Waals surface area contributed by atoms with Crippen LogP contribution in [0.2, 0.25) is 0 Å². The van der Waals surface area contributed by atoms with Gasteiger partial charge in [0, 0.05) is 88.6 Å². The van der Waals surface area contributed by atoms with Crippen molar-refractivity contribution in [3.63, 3.8) is 0 Å². The number of amides is 3. The van der Waals surface area contributed by atoms with Gasteiger partial charge in [-0.15, -0.1) is 0 Å². The number of hydrogen-bond acceptors (Lipinski definition) is 10. The minimum atomic E-state index is -0.668. The van der Waals surface area contributed by atoms with Crippen molar-refractivity contribution in [2.24, 2.45) is 35.5 Å². The number of carbonyl (C=O) groups is 5. The predicted molar refractivity (Wildman–Crippen MR) is 259 cm³/mol. The Labute approximate surface area is 391 Å². The first-order valence-electron chi connectivity index (χ1n) is 23.9. The molecule has 1 aliphatic heterocycles. The number of carbonyl (C=O) groups excluding carboxylic acids is 5. The molecule has 2 N–H and O–H groups in total. The summed E-state index contributed by atoms with van der Waals surface area (Å²) in [4.78, 5) is 80.6. The summed E-state index contributed by atoms with van der Waals surface area (Å²) in [5, 5.41) is 6.52. The van der Waals surface area contributed by atoms with Gasteiger partial charge in [0.1, 0.15) is 5.78 Å². The smallest absolute Gasteiger partial charge is 0.226 e. The van der Waals surface area contributed by atoms with Crippen molar-refractivity contribution < 1.29 is 33.4 Å². The number of nitrogens with zero attached hydrogens (tertiary/aromatic N) is 4. The molecule has 1 fully saturated rings. The number of hydrogen-bond donors (Lipinski definition) is 2. The van der Waals surface area contributed by atoms with E-state index in [1.165, 1.54) is 0 Å². The van der Waals surface area contributed by atoms with Crippen LogP contribution in [-0.2, 0) is 46.4 Å². The quantitative estimate of drug-likeness (QED) is 0.0974. The van der Waals surface area contributed by atoms with Crippen molar-refractivity contribution >= 4 is 35.0 Å². The Hall–Kier alpha value is -4.20. The summed E-state index contributed by atoms with van der Waals surface area (Å²) in [6, 6.07) is 12.4. The number of rotatable bonds is 26. The third kappa shape index (κ3) is 16.0. The van der Waals surface area contributed by atoms with Crippen LogP contribution in [0, 0.1) is 35.5 Å². The maximum atomic E-state index is 14.5. The summed E-state index contributed by atoms with van der Waals surface area (Å²) >= 11 is 0. The highest BCUT2D eigenvalue weighted by Crippen LogP contribution is 2.32. The topological polar surface area (TPSA) is 150 Å². The zero-order valence-electron chi connectivity index (χ0n) is 42.5. The fourth-order valence-corrected chi connectivity index (χ4v) is 9.73. The monoisotopic (exact) mass is 905 g/mol. The third-order valence-corrected chi connectivity index (χ3v) is 13.4. The van der Waals surface area contributed by atoms with Crippen molar-refractivity contribution in [1.29, 1.82) is 0 Å². The molecule has 0 saturated carbocycles. The molecule has 0 spiro atoms. The molecule has 1 aromatic carbocycles. The van der Waals surface area contributed by atoms with E-state index in [2.05, 4.69) is 50.2 Å². The van der Waals surface area contributed by atoms with Crippen LogP contribution in [0.4, 0.5) is 5.69 Å². The number of nitrogens with one attached hydrogen (secondary N) is 2. The van der Waals surface area contributed by atoms with Gasteiger partial charge in [-0.2, -0.15) is 0 Å². The van der Waals surface area contributed by atoms with Gasteiger partial charge in [0.2, 0.25) is 17.7 Å². The minimum Gasteiger partial charge on any atom is -0.380 e. The second-order valence-corrected chi connectivity index (χ2v) is 20.4. The molecule has 1 aromatic heterocycles. The summed E-state index contributed by atoms with van der Waals surface area (Å²) < 4.78 is 12.2. The second-order valence-electron chi connectivity index (χ2n) is 20.4. The van der Waals surface area contributed by atoms with Crippen LogP contribution in [0.1, 0.15) is 119 Å². The van der Waals surface area contributed by atoms with E-state index in [4.69, 9.17) is 9.47 Å². The van der Waals surface area contributed by atoms with E-state index in [0.717, 1.165) is 29.8 Å². The molecule has 0 bridgehead atoms. The average molecular weight is 905 g/mol. The standard InChI is InChI=1S/C52H84N6O7/c1-16-35(6)48(57(13)51(63)41(33(2)3)30-44(60)47(34(4)5)56(11)12)45(64-14)31-46(61)58-27-19-21-42(58)49(65-15)36(7)43(59)29-38(28-40-20-17-18-26-53-40)50(62)54-32-37-22-24-39(25-23-37)55-52(8,9)10/h17-18,20,22-26,33-36,38,41-42,45,47-49,55H,16,19,21,27-32H2,1-15H3,(H,54,62)/t35-,36-,38-,41-,42-,45+,47-,48-,49+/m0/s1. The predicted octanol–water partition coefficient (Wildman–Crippen LogP) is 7.46. The lowest BCUT2D eigenvalue weighted by Gasteiger charge is -2.41. The number of likely N-dealkylation sites (tertiary alicyclic amines) is 1. The molecule has 2 aromatic rings. The number of ether oxygens (including phenoxy) is 2. The lowest BCUT2D eigenvalue weighted by atomic mass is 9.83. The van der Waals surface area contributed by atoms with E-state index in [1.54, 1.807) is 32.4 Å². The highest BCUT2D eigenvalue weighted by atomic mass is 16.5. The number of ketones is 2. The van der Waals surface area contributed by atoms with Gasteiger partial charge in [-0.05, 0) is 95.3 Å². The van der Waals surface area contributed by atoms with E-state index in [9.17, 15) is 24.0 Å². The number of methoxy groups -OCH3 is 2. The summed E-state index contributed by atoms with van der Waals surface area (Å²) in [6.45, 7) is 21.1. The summed E-state index contributed by atoms with van der Waals surface area (Å²) in [5.41, 5.74) is 2.57. The number of likely N-dealkylation sites (N-methyl/N-ethyl adjacent to an activating group) is 2. The molecule has 2 heterocycles. The Bertz CT molecular complexity index is 1810. The molecule has 13 heteroatoms. The summed E-state index contributed by atoms with van der Waals surface area (Å²) in [6.07, 6.45) is 3.04. The van der Waals surface area contributed by atoms with Crippen LogP contribution in [0.5, 0.6) is 0 Å². The first kappa shape index (κ1) is 55.1. The average Bonchev–Trinajstić information content (AvgIpc) is 3.73. The molecule has 9 atom stereocenters. The highest BCUT2D eigenvalue weighted by Gasteiger charge is 2.43. The zero-order valence-corrected chi connectivity index (χ0v) is 42.5. The molecule has 0 unspecified atom stereocenters. The van der Waals surface area contributed by atoms with Gasteiger partial charge >= 0.3 is 0 Å². The Balaban J connectivity index is 1.79.